The van der Waals surface area contributed by atoms with E-state index in [1.165, 1.54) is 0 Å². The van der Waals surface area contributed by atoms with Crippen LogP contribution in [0.25, 0.3) is 0 Å². The third-order valence-electron chi connectivity index (χ3n) is 2.73. The molecule has 1 amide bonds. The minimum absolute atomic E-state index is 0.0184. The van der Waals surface area contributed by atoms with Crippen molar-refractivity contribution in [2.75, 3.05) is 25.4 Å². The van der Waals surface area contributed by atoms with Gasteiger partial charge in [0.1, 0.15) is 0 Å². The standard InChI is InChI=1S/C14H22N2O2/c1-4-10-16(5-2)14(17)11-8-7-9-12(15)13(11)18-6-3/h7-9H,4-6,10,15H2,1-3H3. The molecule has 18 heavy (non-hydrogen) atoms. The third-order valence-corrected chi connectivity index (χ3v) is 2.73. The fourth-order valence-corrected chi connectivity index (χ4v) is 1.87. The van der Waals surface area contributed by atoms with E-state index in [0.717, 1.165) is 13.0 Å². The van der Waals surface area contributed by atoms with Gasteiger partial charge in [-0.3, -0.25) is 4.79 Å². The molecule has 4 nitrogen and oxygen atoms in total. The number of para-hydroxylation sites is 1. The van der Waals surface area contributed by atoms with Crippen molar-refractivity contribution in [3.05, 3.63) is 23.8 Å². The number of anilines is 1. The Bertz CT molecular complexity index is 405. The Balaban J connectivity index is 3.07. The maximum atomic E-state index is 12.4. The first kappa shape index (κ1) is 14.4. The summed E-state index contributed by atoms with van der Waals surface area (Å²) >= 11 is 0. The molecule has 0 heterocycles. The first-order valence-electron chi connectivity index (χ1n) is 6.46. The van der Waals surface area contributed by atoms with Crippen molar-refractivity contribution in [2.45, 2.75) is 27.2 Å². The van der Waals surface area contributed by atoms with Gasteiger partial charge in [-0.2, -0.15) is 0 Å². The predicted molar refractivity (Wildman–Crippen MR) is 73.9 cm³/mol. The largest absolute Gasteiger partial charge is 0.491 e. The maximum absolute atomic E-state index is 12.4. The normalized spacial score (nSPS) is 10.2. The average Bonchev–Trinajstić information content (AvgIpc) is 2.37. The second-order valence-corrected chi connectivity index (χ2v) is 4.04. The van der Waals surface area contributed by atoms with Gasteiger partial charge in [-0.25, -0.2) is 0 Å². The van der Waals surface area contributed by atoms with Gasteiger partial charge in [-0.15, -0.1) is 0 Å². The molecule has 2 N–H and O–H groups in total. The lowest BCUT2D eigenvalue weighted by Crippen LogP contribution is -2.31. The first-order valence-corrected chi connectivity index (χ1v) is 6.46. The van der Waals surface area contributed by atoms with Crippen LogP contribution in [0.4, 0.5) is 5.69 Å². The Morgan fingerprint density at radius 1 is 1.33 bits per heavy atom. The molecule has 0 aliphatic heterocycles. The number of carbonyl (C=O) groups is 1. The van der Waals surface area contributed by atoms with Gasteiger partial charge in [-0.1, -0.05) is 13.0 Å². The zero-order chi connectivity index (χ0) is 13.5. The van der Waals surface area contributed by atoms with E-state index in [9.17, 15) is 4.79 Å². The van der Waals surface area contributed by atoms with Crippen molar-refractivity contribution in [3.8, 4) is 5.75 Å². The zero-order valence-electron chi connectivity index (χ0n) is 11.4. The van der Waals surface area contributed by atoms with Gasteiger partial charge < -0.3 is 15.4 Å². The van der Waals surface area contributed by atoms with E-state index in [2.05, 4.69) is 6.92 Å². The molecule has 0 bridgehead atoms. The Labute approximate surface area is 109 Å². The van der Waals surface area contributed by atoms with Gasteiger partial charge in [0.15, 0.2) is 5.75 Å². The van der Waals surface area contributed by atoms with Gasteiger partial charge in [0, 0.05) is 13.1 Å². The smallest absolute Gasteiger partial charge is 0.257 e. The molecule has 0 saturated carbocycles. The molecule has 0 unspecified atom stereocenters. The Morgan fingerprint density at radius 2 is 2.06 bits per heavy atom. The highest BCUT2D eigenvalue weighted by molar-refractivity contribution is 5.98. The lowest BCUT2D eigenvalue weighted by Gasteiger charge is -2.22. The molecule has 1 rings (SSSR count). The number of carbonyl (C=O) groups excluding carboxylic acids is 1. The van der Waals surface area contributed by atoms with Crippen LogP contribution < -0.4 is 10.5 Å². The summed E-state index contributed by atoms with van der Waals surface area (Å²) in [6, 6.07) is 5.30. The molecule has 1 aromatic carbocycles. The van der Waals surface area contributed by atoms with Gasteiger partial charge in [0.2, 0.25) is 0 Å². The minimum Gasteiger partial charge on any atom is -0.491 e. The maximum Gasteiger partial charge on any atom is 0.257 e. The number of rotatable bonds is 6. The molecule has 0 radical (unpaired) electrons. The van der Waals surface area contributed by atoms with Crippen molar-refractivity contribution in [2.24, 2.45) is 0 Å². The topological polar surface area (TPSA) is 55.6 Å². The van der Waals surface area contributed by atoms with E-state index in [0.29, 0.717) is 30.2 Å². The predicted octanol–water partition coefficient (Wildman–Crippen LogP) is 2.54. The van der Waals surface area contributed by atoms with Crippen LogP contribution in [0.1, 0.15) is 37.6 Å². The van der Waals surface area contributed by atoms with Gasteiger partial charge in [0.25, 0.3) is 5.91 Å². The van der Waals surface area contributed by atoms with E-state index < -0.39 is 0 Å². The number of hydrogen-bond acceptors (Lipinski definition) is 3. The van der Waals surface area contributed by atoms with Gasteiger partial charge in [-0.05, 0) is 32.4 Å². The first-order chi connectivity index (χ1) is 8.65. The number of nitrogen functional groups attached to an aromatic ring is 1. The highest BCUT2D eigenvalue weighted by Crippen LogP contribution is 2.27. The average molecular weight is 250 g/mol. The number of nitrogens with two attached hydrogens (primary N) is 1. The summed E-state index contributed by atoms with van der Waals surface area (Å²) in [5.74, 6) is 0.481. The highest BCUT2D eigenvalue weighted by atomic mass is 16.5. The molecule has 4 heteroatoms. The minimum atomic E-state index is -0.0184. The van der Waals surface area contributed by atoms with Crippen molar-refractivity contribution in [1.82, 2.24) is 4.90 Å². The van der Waals surface area contributed by atoms with E-state index in [-0.39, 0.29) is 5.91 Å². The summed E-state index contributed by atoms with van der Waals surface area (Å²) in [6.45, 7) is 7.83. The molecule has 1 aromatic rings. The number of ether oxygens (including phenoxy) is 1. The Morgan fingerprint density at radius 3 is 2.61 bits per heavy atom. The van der Waals surface area contributed by atoms with Crippen LogP contribution in [0.15, 0.2) is 18.2 Å². The quantitative estimate of drug-likeness (QED) is 0.789. The molecule has 0 spiro atoms. The number of amides is 1. The molecule has 0 atom stereocenters. The number of benzene rings is 1. The third kappa shape index (κ3) is 3.15. The molecular formula is C14H22N2O2. The fourth-order valence-electron chi connectivity index (χ4n) is 1.87. The van der Waals surface area contributed by atoms with Crippen LogP contribution in [0.2, 0.25) is 0 Å². The SMILES string of the molecule is CCCN(CC)C(=O)c1cccc(N)c1OCC. The summed E-state index contributed by atoms with van der Waals surface area (Å²) in [5, 5.41) is 0. The zero-order valence-corrected chi connectivity index (χ0v) is 11.4. The summed E-state index contributed by atoms with van der Waals surface area (Å²) in [4.78, 5) is 14.2. The second kappa shape index (κ2) is 6.89. The monoisotopic (exact) mass is 250 g/mol. The second-order valence-electron chi connectivity index (χ2n) is 4.04. The van der Waals surface area contributed by atoms with E-state index in [1.807, 2.05) is 13.8 Å². The molecular weight excluding hydrogens is 228 g/mol. The van der Waals surface area contributed by atoms with Crippen LogP contribution in [0.3, 0.4) is 0 Å². The summed E-state index contributed by atoms with van der Waals surface area (Å²) in [5.41, 5.74) is 6.92. The number of nitrogens with zero attached hydrogens (tertiary/aromatic N) is 1. The summed E-state index contributed by atoms with van der Waals surface area (Å²) < 4.78 is 5.49. The van der Waals surface area contributed by atoms with Crippen molar-refractivity contribution < 1.29 is 9.53 Å². The fraction of sp³-hybridized carbons (Fsp3) is 0.500. The van der Waals surface area contributed by atoms with Crippen molar-refractivity contribution >= 4 is 11.6 Å². The molecule has 0 fully saturated rings. The summed E-state index contributed by atoms with van der Waals surface area (Å²) in [7, 11) is 0. The van der Waals surface area contributed by atoms with Crippen molar-refractivity contribution in [1.29, 1.82) is 0 Å². The van der Waals surface area contributed by atoms with Crippen molar-refractivity contribution in [3.63, 3.8) is 0 Å². The van der Waals surface area contributed by atoms with Crippen LogP contribution >= 0.6 is 0 Å². The molecule has 0 aromatic heterocycles. The Hall–Kier alpha value is -1.71. The molecule has 0 aliphatic carbocycles. The van der Waals surface area contributed by atoms with E-state index in [4.69, 9.17) is 10.5 Å². The van der Waals surface area contributed by atoms with Crippen LogP contribution in [0, 0.1) is 0 Å². The number of hydrogen-bond donors (Lipinski definition) is 1. The van der Waals surface area contributed by atoms with E-state index in [1.54, 1.807) is 23.1 Å². The highest BCUT2D eigenvalue weighted by Gasteiger charge is 2.19. The molecule has 0 aliphatic rings. The molecule has 100 valence electrons. The van der Waals surface area contributed by atoms with Crippen LogP contribution in [-0.4, -0.2) is 30.5 Å². The van der Waals surface area contributed by atoms with E-state index >= 15 is 0 Å². The molecule has 0 saturated heterocycles. The van der Waals surface area contributed by atoms with Gasteiger partial charge >= 0.3 is 0 Å². The van der Waals surface area contributed by atoms with Crippen LogP contribution in [0.5, 0.6) is 5.75 Å². The summed E-state index contributed by atoms with van der Waals surface area (Å²) in [6.07, 6.45) is 0.936. The lowest BCUT2D eigenvalue weighted by molar-refractivity contribution is 0.0760. The van der Waals surface area contributed by atoms with Gasteiger partial charge in [0.05, 0.1) is 17.9 Å². The lowest BCUT2D eigenvalue weighted by atomic mass is 10.1. The Kier molecular flexibility index (Phi) is 5.49. The van der Waals surface area contributed by atoms with Crippen LogP contribution in [-0.2, 0) is 0 Å².